The maximum atomic E-state index is 11.8. The lowest BCUT2D eigenvalue weighted by Crippen LogP contribution is -2.33. The number of aromatic nitrogens is 5. The minimum Gasteiger partial charge on any atom is -0.476 e. The van der Waals surface area contributed by atoms with E-state index in [1.54, 1.807) is 45.2 Å². The molecule has 234 valence electrons. The zero-order valence-electron chi connectivity index (χ0n) is 24.7. The van der Waals surface area contributed by atoms with E-state index in [4.69, 9.17) is 32.0 Å². The summed E-state index contributed by atoms with van der Waals surface area (Å²) in [6, 6.07) is 5.13. The number of carbonyl (C=O) groups excluding carboxylic acids is 3. The normalized spacial score (nSPS) is 10.9. The van der Waals surface area contributed by atoms with Crippen LogP contribution in [0, 0.1) is 0 Å². The van der Waals surface area contributed by atoms with Gasteiger partial charge in [0.05, 0.1) is 6.20 Å². The number of nitrogens with zero attached hydrogens (tertiary/aromatic N) is 5. The molecule has 0 aromatic carbocycles. The summed E-state index contributed by atoms with van der Waals surface area (Å²) < 4.78 is 27.8. The van der Waals surface area contributed by atoms with Crippen molar-refractivity contribution in [3.8, 4) is 46.3 Å². The van der Waals surface area contributed by atoms with Crippen molar-refractivity contribution in [2.45, 2.75) is 52.6 Å². The Morgan fingerprint density at radius 2 is 1.51 bits per heavy atom. The number of aromatic carboxylic acids is 1. The van der Waals surface area contributed by atoms with Gasteiger partial charge in [0.15, 0.2) is 17.1 Å². The summed E-state index contributed by atoms with van der Waals surface area (Å²) in [7, 11) is 0. The molecule has 0 fully saturated rings. The number of rotatable bonds is 10. The van der Waals surface area contributed by atoms with Crippen LogP contribution in [0.4, 0.5) is 4.79 Å². The van der Waals surface area contributed by atoms with Crippen molar-refractivity contribution in [2.75, 3.05) is 6.54 Å². The molecule has 5 aromatic heterocycles. The van der Waals surface area contributed by atoms with Crippen molar-refractivity contribution < 1.29 is 46.7 Å². The zero-order valence-corrected chi connectivity index (χ0v) is 24.7. The summed E-state index contributed by atoms with van der Waals surface area (Å²) in [4.78, 5) is 61.2. The van der Waals surface area contributed by atoms with Gasteiger partial charge in [0, 0.05) is 19.4 Å². The minimum atomic E-state index is -1.17. The van der Waals surface area contributed by atoms with Gasteiger partial charge in [-0.05, 0) is 39.3 Å². The number of nitrogens with one attached hydrogen (secondary N) is 1. The lowest BCUT2D eigenvalue weighted by molar-refractivity contribution is -0.191. The molecule has 0 spiro atoms. The molecular formula is C29H28N6O10. The molecule has 0 radical (unpaired) electrons. The fourth-order valence-corrected chi connectivity index (χ4v) is 3.82. The van der Waals surface area contributed by atoms with Crippen molar-refractivity contribution in [2.24, 2.45) is 0 Å². The SMILES string of the molecule is CCCc1oc(-c2coc(-c3cccc(-c4nc(-c5ncc(CCNC(=O)OC(C)(C)C)o5)co4)n3)n2)nc1C(=O)O.O=C=O. The molecule has 0 bridgehead atoms. The first-order valence-corrected chi connectivity index (χ1v) is 13.5. The summed E-state index contributed by atoms with van der Waals surface area (Å²) in [6.45, 7) is 7.59. The van der Waals surface area contributed by atoms with Gasteiger partial charge in [0.2, 0.25) is 23.6 Å². The van der Waals surface area contributed by atoms with Crippen LogP contribution in [0.3, 0.4) is 0 Å². The average molecular weight is 621 g/mol. The van der Waals surface area contributed by atoms with E-state index in [1.165, 1.54) is 12.5 Å². The molecule has 16 heteroatoms. The zero-order chi connectivity index (χ0) is 32.6. The molecule has 45 heavy (non-hydrogen) atoms. The molecule has 16 nitrogen and oxygen atoms in total. The number of alkyl carbamates (subject to hydrolysis) is 1. The number of pyridine rings is 1. The fraction of sp³-hybridized carbons (Fsp3) is 0.310. The van der Waals surface area contributed by atoms with Crippen molar-refractivity contribution >= 4 is 18.2 Å². The van der Waals surface area contributed by atoms with E-state index in [0.29, 0.717) is 48.6 Å². The predicted octanol–water partition coefficient (Wildman–Crippen LogP) is 4.84. The predicted molar refractivity (Wildman–Crippen MR) is 150 cm³/mol. The highest BCUT2D eigenvalue weighted by Gasteiger charge is 2.23. The fourth-order valence-electron chi connectivity index (χ4n) is 3.82. The van der Waals surface area contributed by atoms with Crippen LogP contribution in [-0.2, 0) is 27.2 Å². The van der Waals surface area contributed by atoms with Crippen molar-refractivity contribution in [1.29, 1.82) is 0 Å². The number of carbonyl (C=O) groups is 2. The van der Waals surface area contributed by atoms with Crippen LogP contribution >= 0.6 is 0 Å². The minimum absolute atomic E-state index is 0.0466. The van der Waals surface area contributed by atoms with E-state index in [-0.39, 0.29) is 46.9 Å². The van der Waals surface area contributed by atoms with Crippen LogP contribution in [0.1, 0.15) is 56.1 Å². The number of amides is 1. The van der Waals surface area contributed by atoms with E-state index in [9.17, 15) is 14.7 Å². The van der Waals surface area contributed by atoms with E-state index in [0.717, 1.165) is 0 Å². The highest BCUT2D eigenvalue weighted by Crippen LogP contribution is 2.28. The quantitative estimate of drug-likeness (QED) is 0.213. The molecule has 0 saturated carbocycles. The highest BCUT2D eigenvalue weighted by molar-refractivity contribution is 5.87. The second-order valence-electron chi connectivity index (χ2n) is 10.2. The Morgan fingerprint density at radius 3 is 2.09 bits per heavy atom. The number of hydrogen-bond donors (Lipinski definition) is 2. The Morgan fingerprint density at radius 1 is 0.889 bits per heavy atom. The molecule has 2 N–H and O–H groups in total. The van der Waals surface area contributed by atoms with Crippen molar-refractivity contribution in [1.82, 2.24) is 30.2 Å². The van der Waals surface area contributed by atoms with Crippen LogP contribution < -0.4 is 5.32 Å². The smallest absolute Gasteiger partial charge is 0.407 e. The number of ether oxygens (including phenoxy) is 1. The van der Waals surface area contributed by atoms with Gasteiger partial charge in [-0.1, -0.05) is 13.0 Å². The monoisotopic (exact) mass is 620 g/mol. The number of hydrogen-bond acceptors (Lipinski definition) is 14. The van der Waals surface area contributed by atoms with Crippen LogP contribution in [0.2, 0.25) is 0 Å². The molecule has 5 rings (SSSR count). The molecule has 5 heterocycles. The number of oxazole rings is 4. The van der Waals surface area contributed by atoms with Gasteiger partial charge in [-0.15, -0.1) is 0 Å². The average Bonchev–Trinajstić information content (AvgIpc) is 3.79. The third-order valence-electron chi connectivity index (χ3n) is 5.60. The van der Waals surface area contributed by atoms with Crippen LogP contribution in [0.5, 0.6) is 0 Å². The molecule has 0 saturated heterocycles. The maximum absolute atomic E-state index is 11.8. The summed E-state index contributed by atoms with van der Waals surface area (Å²) in [5, 5.41) is 12.1. The maximum Gasteiger partial charge on any atom is 0.407 e. The Bertz CT molecular complexity index is 1800. The summed E-state index contributed by atoms with van der Waals surface area (Å²) >= 11 is 0. The molecule has 0 aliphatic rings. The number of carboxylic acid groups (broad SMARTS) is 1. The van der Waals surface area contributed by atoms with Gasteiger partial charge in [-0.25, -0.2) is 34.5 Å². The lowest BCUT2D eigenvalue weighted by Gasteiger charge is -2.19. The third-order valence-corrected chi connectivity index (χ3v) is 5.60. The highest BCUT2D eigenvalue weighted by atomic mass is 16.6. The van der Waals surface area contributed by atoms with Crippen LogP contribution in [-0.4, -0.2) is 60.4 Å². The van der Waals surface area contributed by atoms with Gasteiger partial charge in [-0.2, -0.15) is 9.59 Å². The van der Waals surface area contributed by atoms with Crippen molar-refractivity contribution in [3.05, 3.63) is 54.1 Å². The van der Waals surface area contributed by atoms with Crippen LogP contribution in [0.15, 0.2) is 54.6 Å². The van der Waals surface area contributed by atoms with E-state index < -0.39 is 17.7 Å². The summed E-state index contributed by atoms with van der Waals surface area (Å²) in [6.07, 6.45) is 5.55. The van der Waals surface area contributed by atoms with Crippen LogP contribution in [0.25, 0.3) is 46.3 Å². The second kappa shape index (κ2) is 14.1. The first kappa shape index (κ1) is 32.0. The van der Waals surface area contributed by atoms with Gasteiger partial charge >= 0.3 is 18.2 Å². The molecule has 0 atom stereocenters. The number of carboxylic acids is 1. The Balaban J connectivity index is 0.00000148. The van der Waals surface area contributed by atoms with Gasteiger partial charge in [-0.3, -0.25) is 0 Å². The molecular weight excluding hydrogens is 592 g/mol. The van der Waals surface area contributed by atoms with E-state index in [2.05, 4.69) is 30.2 Å². The van der Waals surface area contributed by atoms with Gasteiger partial charge in [0.1, 0.15) is 41.0 Å². The standard InChI is InChI=1S/C28H28N6O8.CO2/c1-5-7-20-21(26(35)36)34-25(41-20)19-14-39-24(33-19)17-9-6-8-16(31-17)23-32-18(13-38-23)22-30-12-15(40-22)10-11-29-27(37)42-28(2,3)4;2-1-3/h6,8-9,12-14H,5,7,10-11H2,1-4H3,(H,29,37)(H,35,36);. The Labute approximate surface area is 254 Å². The second-order valence-corrected chi connectivity index (χ2v) is 10.2. The van der Waals surface area contributed by atoms with E-state index >= 15 is 0 Å². The van der Waals surface area contributed by atoms with Gasteiger partial charge in [0.25, 0.3) is 0 Å². The Hall–Kier alpha value is -5.89. The molecule has 5 aromatic rings. The number of aryl methyl sites for hydroxylation is 1. The summed E-state index contributed by atoms with van der Waals surface area (Å²) in [5.74, 6) is 0.336. The summed E-state index contributed by atoms with van der Waals surface area (Å²) in [5.41, 5.74) is 0.662. The first-order chi connectivity index (χ1) is 21.5. The third kappa shape index (κ3) is 8.36. The topological polar surface area (TPSA) is 227 Å². The first-order valence-electron chi connectivity index (χ1n) is 13.5. The van der Waals surface area contributed by atoms with Gasteiger partial charge < -0.3 is 32.8 Å². The Kier molecular flexibility index (Phi) is 10.0. The lowest BCUT2D eigenvalue weighted by atomic mass is 10.2. The molecule has 0 aliphatic heterocycles. The molecule has 1 amide bonds. The largest absolute Gasteiger partial charge is 0.476 e. The van der Waals surface area contributed by atoms with E-state index in [1.807, 2.05) is 6.92 Å². The molecule has 0 aliphatic carbocycles. The van der Waals surface area contributed by atoms with Crippen molar-refractivity contribution in [3.63, 3.8) is 0 Å². The molecule has 0 unspecified atom stereocenters.